The Bertz CT molecular complexity index is 955. The van der Waals surface area contributed by atoms with Crippen molar-refractivity contribution in [3.8, 4) is 6.07 Å². The van der Waals surface area contributed by atoms with Gasteiger partial charge in [-0.25, -0.2) is 4.79 Å². The van der Waals surface area contributed by atoms with E-state index in [9.17, 15) is 14.9 Å². The summed E-state index contributed by atoms with van der Waals surface area (Å²) < 4.78 is 4.56. The summed E-state index contributed by atoms with van der Waals surface area (Å²) in [5, 5.41) is 9.28. The summed E-state index contributed by atoms with van der Waals surface area (Å²) in [5.74, 6) is -1.01. The van der Waals surface area contributed by atoms with Crippen LogP contribution in [0.5, 0.6) is 0 Å². The van der Waals surface area contributed by atoms with E-state index in [1.54, 1.807) is 25.6 Å². The zero-order valence-electron chi connectivity index (χ0n) is 15.7. The molecule has 6 heteroatoms. The van der Waals surface area contributed by atoms with Gasteiger partial charge in [0.05, 0.1) is 6.61 Å². The number of primary amides is 1. The van der Waals surface area contributed by atoms with Gasteiger partial charge in [-0.3, -0.25) is 4.79 Å². The van der Waals surface area contributed by atoms with Gasteiger partial charge in [0, 0.05) is 20.9 Å². The number of nitrogens with zero attached hydrogens (tertiary/aromatic N) is 1. The number of fused-ring (bicyclic) bond motifs is 2. The molecule has 0 radical (unpaired) electrons. The average molecular weight is 392 g/mol. The molecular formula is C22H20N2O3S. The Balaban J connectivity index is 0.000000300. The standard InChI is InChI=1S/C16H10N2OS.C6H10O2/c17-9-12(16(18)19)15-10-5-1-3-7-13(10)20-14-8-4-2-6-11(14)15;1-4-8-6(7)5(2)3/h1-8H,(H2,18,19);2,4H2,1,3H3. The van der Waals surface area contributed by atoms with Gasteiger partial charge in [0.15, 0.2) is 0 Å². The first-order valence-electron chi connectivity index (χ1n) is 8.54. The Labute approximate surface area is 168 Å². The van der Waals surface area contributed by atoms with Crippen LogP contribution in [0.3, 0.4) is 0 Å². The number of rotatable bonds is 3. The number of carbonyl (C=O) groups is 2. The maximum absolute atomic E-state index is 11.6. The lowest BCUT2D eigenvalue weighted by Crippen LogP contribution is -2.16. The molecule has 3 rings (SSSR count). The molecule has 0 atom stereocenters. The number of esters is 1. The summed E-state index contributed by atoms with van der Waals surface area (Å²) in [7, 11) is 0. The predicted octanol–water partition coefficient (Wildman–Crippen LogP) is 4.09. The second-order valence-corrected chi connectivity index (χ2v) is 6.91. The monoisotopic (exact) mass is 392 g/mol. The fraction of sp³-hybridized carbons (Fsp3) is 0.136. The van der Waals surface area contributed by atoms with Gasteiger partial charge in [0.2, 0.25) is 0 Å². The van der Waals surface area contributed by atoms with Crippen molar-refractivity contribution in [2.45, 2.75) is 23.6 Å². The van der Waals surface area contributed by atoms with Crippen LogP contribution in [-0.2, 0) is 14.3 Å². The lowest BCUT2D eigenvalue weighted by atomic mass is 9.92. The van der Waals surface area contributed by atoms with Crippen LogP contribution in [0, 0.1) is 11.3 Å². The molecule has 2 aromatic carbocycles. The van der Waals surface area contributed by atoms with Crippen molar-refractivity contribution in [1.82, 2.24) is 0 Å². The number of carbonyl (C=O) groups excluding carboxylic acids is 2. The van der Waals surface area contributed by atoms with Crippen LogP contribution < -0.4 is 5.73 Å². The van der Waals surface area contributed by atoms with Crippen LogP contribution in [-0.4, -0.2) is 18.5 Å². The first kappa shape index (κ1) is 21.0. The largest absolute Gasteiger partial charge is 0.463 e. The summed E-state index contributed by atoms with van der Waals surface area (Å²) in [6.07, 6.45) is 0. The van der Waals surface area contributed by atoms with Gasteiger partial charge in [-0.05, 0) is 37.1 Å². The highest BCUT2D eigenvalue weighted by Crippen LogP contribution is 2.46. The van der Waals surface area contributed by atoms with E-state index in [1.807, 2.05) is 54.6 Å². The van der Waals surface area contributed by atoms with E-state index in [2.05, 4.69) is 11.3 Å². The summed E-state index contributed by atoms with van der Waals surface area (Å²) in [6.45, 7) is 7.21. The quantitative estimate of drug-likeness (QED) is 0.412. The number of benzene rings is 2. The molecule has 1 aliphatic rings. The summed E-state index contributed by atoms with van der Waals surface area (Å²) >= 11 is 1.63. The first-order valence-corrected chi connectivity index (χ1v) is 9.35. The molecule has 0 spiro atoms. The number of nitrogens with two attached hydrogens (primary N) is 1. The number of hydrogen-bond acceptors (Lipinski definition) is 5. The third kappa shape index (κ3) is 4.70. The fourth-order valence-electron chi connectivity index (χ4n) is 2.55. The normalized spacial score (nSPS) is 11.0. The van der Waals surface area contributed by atoms with Gasteiger partial charge in [0.25, 0.3) is 5.91 Å². The maximum Gasteiger partial charge on any atom is 0.333 e. The molecule has 142 valence electrons. The van der Waals surface area contributed by atoms with Gasteiger partial charge in [-0.15, -0.1) is 0 Å². The van der Waals surface area contributed by atoms with E-state index in [4.69, 9.17) is 5.73 Å². The molecule has 5 nitrogen and oxygen atoms in total. The van der Waals surface area contributed by atoms with Crippen molar-refractivity contribution >= 4 is 29.2 Å². The molecule has 0 fully saturated rings. The van der Waals surface area contributed by atoms with Gasteiger partial charge in [-0.1, -0.05) is 54.7 Å². The minimum absolute atomic E-state index is 0.00481. The summed E-state index contributed by atoms with van der Waals surface area (Å²) in [4.78, 5) is 24.1. The van der Waals surface area contributed by atoms with E-state index in [0.717, 1.165) is 20.9 Å². The number of amides is 1. The molecule has 0 unspecified atom stereocenters. The lowest BCUT2D eigenvalue weighted by Gasteiger charge is -2.22. The van der Waals surface area contributed by atoms with Crippen molar-refractivity contribution < 1.29 is 14.3 Å². The van der Waals surface area contributed by atoms with Crippen molar-refractivity contribution in [2.75, 3.05) is 6.61 Å². The van der Waals surface area contributed by atoms with E-state index >= 15 is 0 Å². The van der Waals surface area contributed by atoms with Crippen molar-refractivity contribution in [3.63, 3.8) is 0 Å². The Morgan fingerprint density at radius 2 is 1.61 bits per heavy atom. The average Bonchev–Trinajstić information content (AvgIpc) is 2.68. The molecule has 2 N–H and O–H groups in total. The fourth-order valence-corrected chi connectivity index (χ4v) is 3.64. The Morgan fingerprint density at radius 3 is 1.96 bits per heavy atom. The van der Waals surface area contributed by atoms with Crippen LogP contribution in [0.1, 0.15) is 25.0 Å². The molecule has 1 aliphatic heterocycles. The molecule has 28 heavy (non-hydrogen) atoms. The molecule has 0 aromatic heterocycles. The van der Waals surface area contributed by atoms with Crippen LogP contribution in [0.25, 0.3) is 5.57 Å². The second-order valence-electron chi connectivity index (χ2n) is 5.82. The van der Waals surface area contributed by atoms with E-state index < -0.39 is 5.91 Å². The van der Waals surface area contributed by atoms with E-state index in [1.165, 1.54) is 0 Å². The highest BCUT2D eigenvalue weighted by molar-refractivity contribution is 7.99. The molecular weight excluding hydrogens is 372 g/mol. The highest BCUT2D eigenvalue weighted by Gasteiger charge is 2.25. The first-order chi connectivity index (χ1) is 13.4. The molecule has 0 aliphatic carbocycles. The summed E-state index contributed by atoms with van der Waals surface area (Å²) in [5.41, 5.74) is 8.21. The third-order valence-electron chi connectivity index (χ3n) is 3.76. The smallest absolute Gasteiger partial charge is 0.333 e. The molecule has 1 amide bonds. The molecule has 1 heterocycles. The Hall–Kier alpha value is -3.30. The zero-order chi connectivity index (χ0) is 20.7. The van der Waals surface area contributed by atoms with Crippen molar-refractivity contribution in [1.29, 1.82) is 5.26 Å². The second kappa shape index (κ2) is 9.58. The number of nitriles is 1. The molecule has 2 aromatic rings. The highest BCUT2D eigenvalue weighted by atomic mass is 32.2. The Morgan fingerprint density at radius 1 is 1.11 bits per heavy atom. The molecule has 0 saturated heterocycles. The minimum atomic E-state index is -0.695. The van der Waals surface area contributed by atoms with E-state index in [0.29, 0.717) is 17.8 Å². The minimum Gasteiger partial charge on any atom is -0.463 e. The van der Waals surface area contributed by atoms with Crippen LogP contribution in [0.2, 0.25) is 0 Å². The van der Waals surface area contributed by atoms with Crippen molar-refractivity contribution in [3.05, 3.63) is 77.4 Å². The van der Waals surface area contributed by atoms with E-state index in [-0.39, 0.29) is 11.5 Å². The number of ether oxygens (including phenoxy) is 1. The predicted molar refractivity (Wildman–Crippen MR) is 109 cm³/mol. The summed E-state index contributed by atoms with van der Waals surface area (Å²) in [6, 6.07) is 17.4. The SMILES string of the molecule is C=C(C)C(=O)OCC.N#CC(C(N)=O)=C1c2ccccc2Sc2ccccc21. The van der Waals surface area contributed by atoms with Crippen molar-refractivity contribution in [2.24, 2.45) is 5.73 Å². The molecule has 0 bridgehead atoms. The zero-order valence-corrected chi connectivity index (χ0v) is 16.5. The van der Waals surface area contributed by atoms with Crippen LogP contribution in [0.15, 0.2) is 76.0 Å². The van der Waals surface area contributed by atoms with Gasteiger partial charge in [0.1, 0.15) is 11.6 Å². The van der Waals surface area contributed by atoms with Crippen LogP contribution in [0.4, 0.5) is 0 Å². The lowest BCUT2D eigenvalue weighted by molar-refractivity contribution is -0.138. The maximum atomic E-state index is 11.6. The number of hydrogen-bond donors (Lipinski definition) is 1. The Kier molecular flexibility index (Phi) is 7.19. The third-order valence-corrected chi connectivity index (χ3v) is 4.92. The van der Waals surface area contributed by atoms with Gasteiger partial charge >= 0.3 is 5.97 Å². The van der Waals surface area contributed by atoms with Gasteiger partial charge in [-0.2, -0.15) is 5.26 Å². The van der Waals surface area contributed by atoms with Gasteiger partial charge < -0.3 is 10.5 Å². The molecule has 0 saturated carbocycles. The topological polar surface area (TPSA) is 93.2 Å². The van der Waals surface area contributed by atoms with Crippen LogP contribution >= 0.6 is 11.8 Å².